The van der Waals surface area contributed by atoms with Crippen LogP contribution in [-0.2, 0) is 18.9 Å². The van der Waals surface area contributed by atoms with Crippen LogP contribution in [0.2, 0.25) is 0 Å². The summed E-state index contributed by atoms with van der Waals surface area (Å²) in [4.78, 5) is 23.8. The second-order valence-corrected chi connectivity index (χ2v) is 7.89. The minimum absolute atomic E-state index is 0.0190. The van der Waals surface area contributed by atoms with Gasteiger partial charge in [-0.25, -0.2) is 9.59 Å². The van der Waals surface area contributed by atoms with Gasteiger partial charge in [0.1, 0.15) is 24.4 Å². The molecule has 0 amide bonds. The lowest BCUT2D eigenvalue weighted by Crippen LogP contribution is -2.32. The van der Waals surface area contributed by atoms with Gasteiger partial charge in [0.15, 0.2) is 0 Å². The van der Waals surface area contributed by atoms with Crippen molar-refractivity contribution in [1.29, 1.82) is 0 Å². The molecule has 0 aromatic heterocycles. The standard InChI is InChI=1S/C20H32O6/c21-19(23-15-7-3-1-4-8-15)25-17-11-13-18(14-12-17)26-20(22)24-16-9-5-2-6-10-16/h15-18H,1-14H2. The van der Waals surface area contributed by atoms with E-state index in [-0.39, 0.29) is 24.4 Å². The minimum Gasteiger partial charge on any atom is -0.431 e. The largest absolute Gasteiger partial charge is 0.508 e. The van der Waals surface area contributed by atoms with Crippen molar-refractivity contribution in [3.8, 4) is 0 Å². The summed E-state index contributed by atoms with van der Waals surface area (Å²) in [5.74, 6) is 0. The van der Waals surface area contributed by atoms with Gasteiger partial charge < -0.3 is 18.9 Å². The molecule has 148 valence electrons. The third-order valence-electron chi connectivity index (χ3n) is 5.78. The van der Waals surface area contributed by atoms with Gasteiger partial charge in [0.25, 0.3) is 0 Å². The van der Waals surface area contributed by atoms with Crippen molar-refractivity contribution >= 4 is 12.3 Å². The van der Waals surface area contributed by atoms with Crippen LogP contribution in [-0.4, -0.2) is 36.7 Å². The van der Waals surface area contributed by atoms with Crippen LogP contribution in [0.25, 0.3) is 0 Å². The molecule has 6 nitrogen and oxygen atoms in total. The Morgan fingerprint density at radius 1 is 0.423 bits per heavy atom. The van der Waals surface area contributed by atoms with Gasteiger partial charge in [0.2, 0.25) is 0 Å². The zero-order valence-electron chi connectivity index (χ0n) is 15.7. The summed E-state index contributed by atoms with van der Waals surface area (Å²) in [5, 5.41) is 0. The maximum Gasteiger partial charge on any atom is 0.508 e. The van der Waals surface area contributed by atoms with Crippen molar-refractivity contribution < 1.29 is 28.5 Å². The Labute approximate surface area is 155 Å². The van der Waals surface area contributed by atoms with Crippen LogP contribution in [0.3, 0.4) is 0 Å². The van der Waals surface area contributed by atoms with Crippen LogP contribution >= 0.6 is 0 Å². The first-order valence-electron chi connectivity index (χ1n) is 10.4. The van der Waals surface area contributed by atoms with E-state index in [4.69, 9.17) is 18.9 Å². The van der Waals surface area contributed by atoms with Gasteiger partial charge in [-0.05, 0) is 77.0 Å². The monoisotopic (exact) mass is 368 g/mol. The van der Waals surface area contributed by atoms with Crippen molar-refractivity contribution in [2.75, 3.05) is 0 Å². The van der Waals surface area contributed by atoms with Crippen molar-refractivity contribution in [2.45, 2.75) is 114 Å². The molecule has 0 atom stereocenters. The molecule has 3 saturated carbocycles. The van der Waals surface area contributed by atoms with Gasteiger partial charge >= 0.3 is 12.3 Å². The van der Waals surface area contributed by atoms with Crippen molar-refractivity contribution in [2.24, 2.45) is 0 Å². The van der Waals surface area contributed by atoms with Crippen LogP contribution in [0.5, 0.6) is 0 Å². The summed E-state index contributed by atoms with van der Waals surface area (Å²) in [6.45, 7) is 0. The van der Waals surface area contributed by atoms with Crippen LogP contribution in [0, 0.1) is 0 Å². The molecular formula is C20H32O6. The highest BCUT2D eigenvalue weighted by Gasteiger charge is 2.29. The molecule has 3 rings (SSSR count). The molecular weight excluding hydrogens is 336 g/mol. The minimum atomic E-state index is -0.544. The van der Waals surface area contributed by atoms with Gasteiger partial charge in [0.05, 0.1) is 0 Å². The average molecular weight is 368 g/mol. The van der Waals surface area contributed by atoms with Gasteiger partial charge in [-0.1, -0.05) is 12.8 Å². The molecule has 3 fully saturated rings. The molecule has 0 aliphatic heterocycles. The average Bonchev–Trinajstić information content (AvgIpc) is 2.65. The summed E-state index contributed by atoms with van der Waals surface area (Å²) >= 11 is 0. The van der Waals surface area contributed by atoms with E-state index in [1.54, 1.807) is 0 Å². The molecule has 3 aliphatic rings. The quantitative estimate of drug-likeness (QED) is 0.630. The van der Waals surface area contributed by atoms with Gasteiger partial charge in [0, 0.05) is 0 Å². The third kappa shape index (κ3) is 6.36. The molecule has 0 radical (unpaired) electrons. The van der Waals surface area contributed by atoms with Gasteiger partial charge in [-0.2, -0.15) is 0 Å². The van der Waals surface area contributed by atoms with Crippen molar-refractivity contribution in [3.63, 3.8) is 0 Å². The van der Waals surface area contributed by atoms with Crippen LogP contribution in [0.4, 0.5) is 9.59 Å². The van der Waals surface area contributed by atoms with E-state index in [0.29, 0.717) is 25.7 Å². The summed E-state index contributed by atoms with van der Waals surface area (Å²) in [5.41, 5.74) is 0. The lowest BCUT2D eigenvalue weighted by Gasteiger charge is -2.29. The van der Waals surface area contributed by atoms with Crippen LogP contribution < -0.4 is 0 Å². The third-order valence-corrected chi connectivity index (χ3v) is 5.78. The van der Waals surface area contributed by atoms with E-state index in [2.05, 4.69) is 0 Å². The molecule has 0 heterocycles. The van der Waals surface area contributed by atoms with E-state index in [1.807, 2.05) is 0 Å². The van der Waals surface area contributed by atoms with E-state index >= 15 is 0 Å². The molecule has 26 heavy (non-hydrogen) atoms. The Hall–Kier alpha value is -1.46. The predicted octanol–water partition coefficient (Wildman–Crippen LogP) is 5.27. The Morgan fingerprint density at radius 2 is 0.692 bits per heavy atom. The molecule has 0 aromatic rings. The van der Waals surface area contributed by atoms with Crippen LogP contribution in [0.1, 0.15) is 89.9 Å². The fourth-order valence-corrected chi connectivity index (χ4v) is 4.23. The first-order valence-corrected chi connectivity index (χ1v) is 10.4. The van der Waals surface area contributed by atoms with Crippen molar-refractivity contribution in [3.05, 3.63) is 0 Å². The molecule has 0 N–H and O–H groups in total. The Balaban J connectivity index is 1.29. The first kappa shape index (κ1) is 19.3. The number of hydrogen-bond donors (Lipinski definition) is 0. The highest BCUT2D eigenvalue weighted by Crippen LogP contribution is 2.27. The zero-order valence-corrected chi connectivity index (χ0v) is 15.7. The molecule has 0 saturated heterocycles. The Morgan fingerprint density at radius 3 is 1.00 bits per heavy atom. The number of ether oxygens (including phenoxy) is 4. The van der Waals surface area contributed by atoms with E-state index in [9.17, 15) is 9.59 Å². The van der Waals surface area contributed by atoms with Crippen LogP contribution in [0.15, 0.2) is 0 Å². The zero-order chi connectivity index (χ0) is 18.2. The second kappa shape index (κ2) is 10.0. The van der Waals surface area contributed by atoms with Gasteiger partial charge in [-0.3, -0.25) is 0 Å². The SMILES string of the molecule is O=C(OC1CCCCC1)OC1CCC(OC(=O)OC2CCCCC2)CC1. The number of hydrogen-bond acceptors (Lipinski definition) is 6. The maximum atomic E-state index is 11.9. The lowest BCUT2D eigenvalue weighted by molar-refractivity contribution is -0.0480. The molecule has 3 aliphatic carbocycles. The van der Waals surface area contributed by atoms with E-state index in [0.717, 1.165) is 51.4 Å². The van der Waals surface area contributed by atoms with Gasteiger partial charge in [-0.15, -0.1) is 0 Å². The summed E-state index contributed by atoms with van der Waals surface area (Å²) in [7, 11) is 0. The lowest BCUT2D eigenvalue weighted by atomic mass is 9.95. The number of rotatable bonds is 4. The highest BCUT2D eigenvalue weighted by molar-refractivity contribution is 5.61. The summed E-state index contributed by atoms with van der Waals surface area (Å²) in [6, 6.07) is 0. The molecule has 6 heteroatoms. The highest BCUT2D eigenvalue weighted by atomic mass is 16.7. The number of carbonyl (C=O) groups is 2. The fraction of sp³-hybridized carbons (Fsp3) is 0.900. The van der Waals surface area contributed by atoms with Crippen molar-refractivity contribution in [1.82, 2.24) is 0 Å². The maximum absolute atomic E-state index is 11.9. The Bertz CT molecular complexity index is 403. The topological polar surface area (TPSA) is 71.1 Å². The molecule has 0 spiro atoms. The summed E-state index contributed by atoms with van der Waals surface area (Å²) < 4.78 is 21.7. The number of carbonyl (C=O) groups excluding carboxylic acids is 2. The first-order chi connectivity index (χ1) is 12.7. The smallest absolute Gasteiger partial charge is 0.431 e. The van der Waals surface area contributed by atoms with E-state index < -0.39 is 12.3 Å². The Kier molecular flexibility index (Phi) is 7.44. The molecule has 0 unspecified atom stereocenters. The summed E-state index contributed by atoms with van der Waals surface area (Å²) in [6.07, 6.45) is 12.2. The molecule has 0 bridgehead atoms. The van der Waals surface area contributed by atoms with E-state index in [1.165, 1.54) is 12.8 Å². The predicted molar refractivity (Wildman–Crippen MR) is 94.9 cm³/mol. The normalized spacial score (nSPS) is 28.2. The fourth-order valence-electron chi connectivity index (χ4n) is 4.23. The second-order valence-electron chi connectivity index (χ2n) is 7.89. The molecule has 0 aromatic carbocycles.